The van der Waals surface area contributed by atoms with E-state index in [0.29, 0.717) is 6.61 Å². The Kier molecular flexibility index (Phi) is 6.58. The molecule has 0 saturated carbocycles. The van der Waals surface area contributed by atoms with E-state index in [-0.39, 0.29) is 11.4 Å². The summed E-state index contributed by atoms with van der Waals surface area (Å²) in [6, 6.07) is 1.90. The summed E-state index contributed by atoms with van der Waals surface area (Å²) in [6.45, 7) is 3.57. The summed E-state index contributed by atoms with van der Waals surface area (Å²) >= 11 is 0. The first kappa shape index (κ1) is 16.9. The van der Waals surface area contributed by atoms with Crippen molar-refractivity contribution in [3.8, 4) is 5.75 Å². The van der Waals surface area contributed by atoms with Gasteiger partial charge in [0.2, 0.25) is 5.91 Å². The highest BCUT2D eigenvalue weighted by molar-refractivity contribution is 5.91. The van der Waals surface area contributed by atoms with Crippen LogP contribution in [0.4, 0.5) is 15.8 Å². The number of anilines is 1. The fraction of sp³-hybridized carbons (Fsp3) is 0.500. The first-order chi connectivity index (χ1) is 9.95. The lowest BCUT2D eigenvalue weighted by Crippen LogP contribution is -2.09. The zero-order valence-electron chi connectivity index (χ0n) is 12.1. The maximum Gasteiger partial charge on any atom is 0.296 e. The van der Waals surface area contributed by atoms with Gasteiger partial charge in [0, 0.05) is 13.0 Å². The van der Waals surface area contributed by atoms with Crippen LogP contribution in [0, 0.1) is 15.9 Å². The fourth-order valence-electron chi connectivity index (χ4n) is 1.81. The van der Waals surface area contributed by atoms with Crippen molar-refractivity contribution in [2.24, 2.45) is 0 Å². The number of amides is 1. The number of ether oxygens (including phenoxy) is 1. The van der Waals surface area contributed by atoms with Crippen molar-refractivity contribution < 1.29 is 18.8 Å². The van der Waals surface area contributed by atoms with Gasteiger partial charge in [0.15, 0.2) is 11.6 Å². The average Bonchev–Trinajstić information content (AvgIpc) is 2.39. The number of halogens is 1. The van der Waals surface area contributed by atoms with Gasteiger partial charge in [-0.25, -0.2) is 4.39 Å². The summed E-state index contributed by atoms with van der Waals surface area (Å²) in [5.41, 5.74) is -0.571. The van der Waals surface area contributed by atoms with Crippen molar-refractivity contribution in [1.29, 1.82) is 0 Å². The highest BCUT2D eigenvalue weighted by atomic mass is 19.1. The van der Waals surface area contributed by atoms with Crippen LogP contribution in [0.2, 0.25) is 0 Å². The van der Waals surface area contributed by atoms with E-state index in [0.717, 1.165) is 37.8 Å². The highest BCUT2D eigenvalue weighted by Crippen LogP contribution is 2.32. The Labute approximate surface area is 122 Å². The maximum absolute atomic E-state index is 13.8. The average molecular weight is 298 g/mol. The van der Waals surface area contributed by atoms with Crippen molar-refractivity contribution in [2.45, 2.75) is 39.5 Å². The maximum atomic E-state index is 13.8. The van der Waals surface area contributed by atoms with Crippen LogP contribution in [0.3, 0.4) is 0 Å². The normalized spacial score (nSPS) is 10.2. The van der Waals surface area contributed by atoms with Crippen LogP contribution in [0.1, 0.15) is 39.5 Å². The first-order valence-corrected chi connectivity index (χ1v) is 6.84. The highest BCUT2D eigenvalue weighted by Gasteiger charge is 2.20. The Hall–Kier alpha value is -2.18. The number of nitro groups is 1. The minimum atomic E-state index is -0.736. The fourth-order valence-corrected chi connectivity index (χ4v) is 1.81. The minimum absolute atomic E-state index is 0.174. The molecule has 1 aromatic carbocycles. The van der Waals surface area contributed by atoms with Gasteiger partial charge in [-0.1, -0.05) is 26.2 Å². The van der Waals surface area contributed by atoms with Crippen LogP contribution in [0.25, 0.3) is 0 Å². The standard InChI is InChI=1S/C14H19FN2O4/c1-3-4-5-6-7-21-14-9-13(17(19)20)12(8-11(14)15)16-10(2)18/h8-9H,3-7H2,1-2H3,(H,16,18). The predicted molar refractivity (Wildman–Crippen MR) is 77.0 cm³/mol. The smallest absolute Gasteiger partial charge is 0.296 e. The largest absolute Gasteiger partial charge is 0.490 e. The van der Waals surface area contributed by atoms with E-state index < -0.39 is 22.3 Å². The van der Waals surface area contributed by atoms with E-state index in [4.69, 9.17) is 4.74 Å². The molecule has 116 valence electrons. The Bertz CT molecular complexity index is 520. The second-order valence-electron chi connectivity index (χ2n) is 4.65. The number of benzene rings is 1. The van der Waals surface area contributed by atoms with Crippen LogP contribution in [-0.2, 0) is 4.79 Å². The first-order valence-electron chi connectivity index (χ1n) is 6.84. The molecule has 1 amide bonds. The summed E-state index contributed by atoms with van der Waals surface area (Å²) in [7, 11) is 0. The molecule has 21 heavy (non-hydrogen) atoms. The molecule has 0 aliphatic heterocycles. The number of unbranched alkanes of at least 4 members (excludes halogenated alkanes) is 3. The Morgan fingerprint density at radius 3 is 2.67 bits per heavy atom. The molecule has 6 nitrogen and oxygen atoms in total. The summed E-state index contributed by atoms with van der Waals surface area (Å²) in [5, 5.41) is 13.2. The summed E-state index contributed by atoms with van der Waals surface area (Å²) in [6.07, 6.45) is 3.86. The molecular formula is C14H19FN2O4. The summed E-state index contributed by atoms with van der Waals surface area (Å²) < 4.78 is 19.1. The molecule has 0 unspecified atom stereocenters. The number of nitrogens with one attached hydrogen (secondary N) is 1. The molecule has 0 radical (unpaired) electrons. The van der Waals surface area contributed by atoms with Crippen molar-refractivity contribution in [1.82, 2.24) is 0 Å². The quantitative estimate of drug-likeness (QED) is 0.451. The van der Waals surface area contributed by atoms with Crippen LogP contribution in [-0.4, -0.2) is 17.4 Å². The lowest BCUT2D eigenvalue weighted by Gasteiger charge is -2.09. The SMILES string of the molecule is CCCCCCOc1cc([N+](=O)[O-])c(NC(C)=O)cc1F. The number of carbonyl (C=O) groups excluding carboxylic acids is 1. The van der Waals surface area contributed by atoms with E-state index in [1.165, 1.54) is 6.92 Å². The number of hydrogen-bond donors (Lipinski definition) is 1. The van der Waals surface area contributed by atoms with Gasteiger partial charge < -0.3 is 10.1 Å². The third-order valence-corrected chi connectivity index (χ3v) is 2.81. The molecule has 0 atom stereocenters. The minimum Gasteiger partial charge on any atom is -0.490 e. The number of rotatable bonds is 8. The van der Waals surface area contributed by atoms with Gasteiger partial charge in [-0.3, -0.25) is 14.9 Å². The molecule has 0 aliphatic rings. The van der Waals surface area contributed by atoms with E-state index >= 15 is 0 Å². The molecule has 1 rings (SSSR count). The molecular weight excluding hydrogens is 279 g/mol. The molecule has 0 fully saturated rings. The topological polar surface area (TPSA) is 81.5 Å². The molecule has 0 aromatic heterocycles. The van der Waals surface area contributed by atoms with Gasteiger partial charge in [-0.05, 0) is 6.42 Å². The number of nitro benzene ring substituents is 1. The van der Waals surface area contributed by atoms with Crippen LogP contribution in [0.15, 0.2) is 12.1 Å². The Morgan fingerprint density at radius 1 is 1.38 bits per heavy atom. The van der Waals surface area contributed by atoms with Crippen molar-refractivity contribution in [2.75, 3.05) is 11.9 Å². The van der Waals surface area contributed by atoms with Crippen LogP contribution in [0.5, 0.6) is 5.75 Å². The van der Waals surface area contributed by atoms with Crippen molar-refractivity contribution in [3.63, 3.8) is 0 Å². The molecule has 0 spiro atoms. The second kappa shape index (κ2) is 8.18. The van der Waals surface area contributed by atoms with E-state index in [1.54, 1.807) is 0 Å². The zero-order chi connectivity index (χ0) is 15.8. The molecule has 7 heteroatoms. The number of carbonyl (C=O) groups is 1. The molecule has 1 N–H and O–H groups in total. The molecule has 0 aliphatic carbocycles. The molecule has 0 saturated heterocycles. The Balaban J connectivity index is 2.83. The Morgan fingerprint density at radius 2 is 2.10 bits per heavy atom. The zero-order valence-corrected chi connectivity index (χ0v) is 12.1. The van der Waals surface area contributed by atoms with E-state index in [1.807, 2.05) is 0 Å². The third-order valence-electron chi connectivity index (χ3n) is 2.81. The molecule has 0 bridgehead atoms. The lowest BCUT2D eigenvalue weighted by atomic mass is 10.2. The third kappa shape index (κ3) is 5.37. The number of hydrogen-bond acceptors (Lipinski definition) is 4. The van der Waals surface area contributed by atoms with E-state index in [2.05, 4.69) is 12.2 Å². The van der Waals surface area contributed by atoms with Crippen LogP contribution < -0.4 is 10.1 Å². The van der Waals surface area contributed by atoms with Gasteiger partial charge in [-0.2, -0.15) is 0 Å². The predicted octanol–water partition coefficient (Wildman–Crippen LogP) is 3.65. The van der Waals surface area contributed by atoms with Gasteiger partial charge in [0.25, 0.3) is 5.69 Å². The van der Waals surface area contributed by atoms with Gasteiger partial charge >= 0.3 is 0 Å². The lowest BCUT2D eigenvalue weighted by molar-refractivity contribution is -0.384. The van der Waals surface area contributed by atoms with Gasteiger partial charge in [0.1, 0.15) is 5.69 Å². The second-order valence-corrected chi connectivity index (χ2v) is 4.65. The van der Waals surface area contributed by atoms with Gasteiger partial charge in [0.05, 0.1) is 17.6 Å². The van der Waals surface area contributed by atoms with Crippen molar-refractivity contribution >= 4 is 17.3 Å². The summed E-state index contributed by atoms with van der Waals surface area (Å²) in [4.78, 5) is 21.2. The van der Waals surface area contributed by atoms with Gasteiger partial charge in [-0.15, -0.1) is 0 Å². The number of nitrogens with zero attached hydrogens (tertiary/aromatic N) is 1. The molecule has 1 aromatic rings. The van der Waals surface area contributed by atoms with Crippen molar-refractivity contribution in [3.05, 3.63) is 28.1 Å². The molecule has 0 heterocycles. The summed E-state index contributed by atoms with van der Waals surface area (Å²) in [5.74, 6) is -1.42. The van der Waals surface area contributed by atoms with E-state index in [9.17, 15) is 19.3 Å². The van der Waals surface area contributed by atoms with Crippen LogP contribution >= 0.6 is 0 Å². The monoisotopic (exact) mass is 298 g/mol.